The second-order valence-corrected chi connectivity index (χ2v) is 7.43. The van der Waals surface area contributed by atoms with Crippen molar-refractivity contribution in [3.8, 4) is 0 Å². The van der Waals surface area contributed by atoms with Crippen molar-refractivity contribution in [1.29, 1.82) is 0 Å². The van der Waals surface area contributed by atoms with E-state index in [2.05, 4.69) is 27.7 Å². The number of amides is 1. The van der Waals surface area contributed by atoms with Crippen molar-refractivity contribution >= 4 is 5.91 Å². The number of carbonyl (C=O) groups excluding carboxylic acids is 1. The van der Waals surface area contributed by atoms with E-state index >= 15 is 0 Å². The van der Waals surface area contributed by atoms with Gasteiger partial charge in [0.15, 0.2) is 0 Å². The molecule has 0 radical (unpaired) electrons. The molecule has 1 aliphatic rings. The number of rotatable bonds is 3. The molecule has 1 amide bonds. The van der Waals surface area contributed by atoms with Crippen molar-refractivity contribution in [3.63, 3.8) is 0 Å². The summed E-state index contributed by atoms with van der Waals surface area (Å²) in [6.45, 7) is 11.8. The Morgan fingerprint density at radius 2 is 1.95 bits per heavy atom. The lowest BCUT2D eigenvalue weighted by Crippen LogP contribution is -2.31. The third-order valence-corrected chi connectivity index (χ3v) is 4.75. The molecule has 0 aliphatic carbocycles. The minimum atomic E-state index is -0.605. The van der Waals surface area contributed by atoms with Gasteiger partial charge in [-0.3, -0.25) is 4.79 Å². The molecule has 116 valence electrons. The highest BCUT2D eigenvalue weighted by atomic mass is 16.3. The molecule has 0 bridgehead atoms. The summed E-state index contributed by atoms with van der Waals surface area (Å²) in [5, 5.41) is 10.4. The Morgan fingerprint density at radius 1 is 1.29 bits per heavy atom. The maximum absolute atomic E-state index is 12.1. The number of likely N-dealkylation sites (tertiary alicyclic amines) is 1. The van der Waals surface area contributed by atoms with Gasteiger partial charge < -0.3 is 10.0 Å². The SMILES string of the molecule is Cc1ccc(C(O)CN2CC(C(C)(C)C)CC2=O)cc1C. The smallest absolute Gasteiger partial charge is 0.223 e. The molecule has 0 spiro atoms. The van der Waals surface area contributed by atoms with E-state index < -0.39 is 6.10 Å². The third kappa shape index (κ3) is 3.65. The molecule has 2 atom stereocenters. The molecule has 1 N–H and O–H groups in total. The minimum Gasteiger partial charge on any atom is -0.387 e. The maximum atomic E-state index is 12.1. The number of nitrogens with zero attached hydrogens (tertiary/aromatic N) is 1. The minimum absolute atomic E-state index is 0.135. The summed E-state index contributed by atoms with van der Waals surface area (Å²) in [6.07, 6.45) is -0.00432. The number of hydrogen-bond donors (Lipinski definition) is 1. The second-order valence-electron chi connectivity index (χ2n) is 7.43. The zero-order chi connectivity index (χ0) is 15.8. The summed E-state index contributed by atoms with van der Waals surface area (Å²) < 4.78 is 0. The quantitative estimate of drug-likeness (QED) is 0.928. The maximum Gasteiger partial charge on any atom is 0.223 e. The fourth-order valence-corrected chi connectivity index (χ4v) is 2.81. The lowest BCUT2D eigenvalue weighted by Gasteiger charge is -2.27. The van der Waals surface area contributed by atoms with Crippen molar-refractivity contribution in [2.75, 3.05) is 13.1 Å². The first-order valence-corrected chi connectivity index (χ1v) is 7.71. The van der Waals surface area contributed by atoms with Crippen LogP contribution in [0.25, 0.3) is 0 Å². The predicted molar refractivity (Wildman–Crippen MR) is 85.0 cm³/mol. The Bertz CT molecular complexity index is 531. The molecule has 1 aromatic rings. The summed E-state index contributed by atoms with van der Waals surface area (Å²) in [6, 6.07) is 5.99. The first-order valence-electron chi connectivity index (χ1n) is 7.71. The Hall–Kier alpha value is -1.35. The molecule has 3 nitrogen and oxygen atoms in total. The van der Waals surface area contributed by atoms with Crippen LogP contribution in [0.5, 0.6) is 0 Å². The Balaban J connectivity index is 2.04. The van der Waals surface area contributed by atoms with Gasteiger partial charge in [0.05, 0.1) is 12.6 Å². The van der Waals surface area contributed by atoms with E-state index in [0.717, 1.165) is 12.1 Å². The Kier molecular flexibility index (Phi) is 4.43. The Morgan fingerprint density at radius 3 is 2.48 bits per heavy atom. The van der Waals surface area contributed by atoms with E-state index in [0.29, 0.717) is 18.9 Å². The van der Waals surface area contributed by atoms with E-state index in [1.807, 2.05) is 30.0 Å². The number of β-amino-alcohol motifs (C(OH)–C–C–N with tert-alkyl or cyclic N) is 1. The van der Waals surface area contributed by atoms with Crippen molar-refractivity contribution < 1.29 is 9.90 Å². The van der Waals surface area contributed by atoms with Crippen molar-refractivity contribution in [1.82, 2.24) is 4.90 Å². The Labute approximate surface area is 128 Å². The topological polar surface area (TPSA) is 40.5 Å². The van der Waals surface area contributed by atoms with Crippen molar-refractivity contribution in [2.45, 2.75) is 47.1 Å². The fraction of sp³-hybridized carbons (Fsp3) is 0.611. The van der Waals surface area contributed by atoms with Crippen molar-refractivity contribution in [3.05, 3.63) is 34.9 Å². The molecule has 3 heteroatoms. The highest BCUT2D eigenvalue weighted by Gasteiger charge is 2.37. The molecule has 0 saturated carbocycles. The van der Waals surface area contributed by atoms with Gasteiger partial charge >= 0.3 is 0 Å². The zero-order valence-electron chi connectivity index (χ0n) is 13.8. The van der Waals surface area contributed by atoms with Gasteiger partial charge in [0.25, 0.3) is 0 Å². The van der Waals surface area contributed by atoms with Gasteiger partial charge in [-0.25, -0.2) is 0 Å². The van der Waals surface area contributed by atoms with Crippen LogP contribution in [-0.4, -0.2) is 29.0 Å². The molecule has 1 heterocycles. The van der Waals surface area contributed by atoms with Crippen LogP contribution in [0.15, 0.2) is 18.2 Å². The van der Waals surface area contributed by atoms with Crippen LogP contribution >= 0.6 is 0 Å². The molecule has 1 aliphatic heterocycles. The van der Waals surface area contributed by atoms with Gasteiger partial charge in [-0.1, -0.05) is 39.0 Å². The molecule has 21 heavy (non-hydrogen) atoms. The molecule has 1 fully saturated rings. The number of aryl methyl sites for hydroxylation is 2. The zero-order valence-corrected chi connectivity index (χ0v) is 13.8. The van der Waals surface area contributed by atoms with E-state index in [1.54, 1.807) is 0 Å². The predicted octanol–water partition coefficient (Wildman–Crippen LogP) is 3.23. The van der Waals surface area contributed by atoms with Gasteiger partial charge in [0, 0.05) is 13.0 Å². The monoisotopic (exact) mass is 289 g/mol. The molecular weight excluding hydrogens is 262 g/mol. The van der Waals surface area contributed by atoms with Crippen LogP contribution in [0.4, 0.5) is 0 Å². The number of carbonyl (C=O) groups is 1. The second kappa shape index (κ2) is 5.80. The average molecular weight is 289 g/mol. The average Bonchev–Trinajstić information content (AvgIpc) is 2.74. The standard InChI is InChI=1S/C18H27NO2/c1-12-6-7-14(8-13(12)2)16(20)11-19-10-15(9-17(19)21)18(3,4)5/h6-8,15-16,20H,9-11H2,1-5H3. The van der Waals surface area contributed by atoms with Crippen molar-refractivity contribution in [2.24, 2.45) is 11.3 Å². The largest absolute Gasteiger partial charge is 0.387 e. The third-order valence-electron chi connectivity index (χ3n) is 4.75. The van der Waals surface area contributed by atoms with Crippen LogP contribution in [0, 0.1) is 25.2 Å². The fourth-order valence-electron chi connectivity index (χ4n) is 2.81. The van der Waals surface area contributed by atoms with Gasteiger partial charge in [0.1, 0.15) is 0 Å². The lowest BCUT2D eigenvalue weighted by molar-refractivity contribution is -0.129. The van der Waals surface area contributed by atoms with Crippen LogP contribution in [-0.2, 0) is 4.79 Å². The molecule has 1 aromatic carbocycles. The van der Waals surface area contributed by atoms with Gasteiger partial charge in [-0.15, -0.1) is 0 Å². The summed E-state index contributed by atoms with van der Waals surface area (Å²) in [5.41, 5.74) is 3.42. The number of hydrogen-bond acceptors (Lipinski definition) is 2. The van der Waals surface area contributed by atoms with E-state index in [4.69, 9.17) is 0 Å². The highest BCUT2D eigenvalue weighted by molar-refractivity contribution is 5.78. The van der Waals surface area contributed by atoms with E-state index in [1.165, 1.54) is 11.1 Å². The van der Waals surface area contributed by atoms with Gasteiger partial charge in [-0.2, -0.15) is 0 Å². The molecular formula is C18H27NO2. The molecule has 1 saturated heterocycles. The van der Waals surface area contributed by atoms with Gasteiger partial charge in [0.2, 0.25) is 5.91 Å². The molecule has 0 aromatic heterocycles. The van der Waals surface area contributed by atoms with Crippen LogP contribution in [0.1, 0.15) is 50.0 Å². The van der Waals surface area contributed by atoms with Crippen LogP contribution < -0.4 is 0 Å². The van der Waals surface area contributed by atoms with Gasteiger partial charge in [-0.05, 0) is 41.9 Å². The number of aliphatic hydroxyl groups is 1. The summed E-state index contributed by atoms with van der Waals surface area (Å²) in [4.78, 5) is 13.9. The first-order chi connectivity index (χ1) is 9.68. The summed E-state index contributed by atoms with van der Waals surface area (Å²) in [7, 11) is 0. The lowest BCUT2D eigenvalue weighted by atomic mass is 9.80. The normalized spacial score (nSPS) is 21.0. The molecule has 2 unspecified atom stereocenters. The van der Waals surface area contributed by atoms with Crippen LogP contribution in [0.2, 0.25) is 0 Å². The van der Waals surface area contributed by atoms with E-state index in [9.17, 15) is 9.90 Å². The number of aliphatic hydroxyl groups excluding tert-OH is 1. The summed E-state index contributed by atoms with van der Waals surface area (Å²) in [5.74, 6) is 0.537. The molecule has 2 rings (SSSR count). The highest BCUT2D eigenvalue weighted by Crippen LogP contribution is 2.35. The van der Waals surface area contributed by atoms with Crippen LogP contribution in [0.3, 0.4) is 0 Å². The summed E-state index contributed by atoms with van der Waals surface area (Å²) >= 11 is 0. The first kappa shape index (κ1) is 16.0. The number of benzene rings is 1. The van der Waals surface area contributed by atoms with E-state index in [-0.39, 0.29) is 11.3 Å².